The highest BCUT2D eigenvalue weighted by atomic mass is 19.2. The number of amides is 1. The van der Waals surface area contributed by atoms with Gasteiger partial charge in [0.15, 0.2) is 0 Å². The first-order valence-corrected chi connectivity index (χ1v) is 12.8. The number of piperazine rings is 1. The Morgan fingerprint density at radius 1 is 1.10 bits per heavy atom. The van der Waals surface area contributed by atoms with Crippen LogP contribution in [0.25, 0.3) is 22.2 Å². The molecule has 2 N–H and O–H groups in total. The van der Waals surface area contributed by atoms with Crippen LogP contribution in [0, 0.1) is 0 Å². The Morgan fingerprint density at radius 3 is 2.70 bits per heavy atom. The number of hydrogen-bond donors (Lipinski definition) is 2. The second kappa shape index (κ2) is 12.1. The van der Waals surface area contributed by atoms with Crippen molar-refractivity contribution in [3.05, 3.63) is 79.6 Å². The Labute approximate surface area is 230 Å². The van der Waals surface area contributed by atoms with Crippen molar-refractivity contribution in [1.29, 1.82) is 0 Å². The van der Waals surface area contributed by atoms with Gasteiger partial charge in [0.2, 0.25) is 24.4 Å². The van der Waals surface area contributed by atoms with Crippen LogP contribution in [0.15, 0.2) is 79.6 Å². The second-order valence-corrected chi connectivity index (χ2v) is 9.20. The minimum Gasteiger partial charge on any atom is -0.383 e. The molecule has 0 bridgehead atoms. The molecule has 2 unspecified atom stereocenters. The lowest BCUT2D eigenvalue weighted by atomic mass is 10.1. The van der Waals surface area contributed by atoms with E-state index in [1.165, 1.54) is 23.0 Å². The fourth-order valence-corrected chi connectivity index (χ4v) is 4.55. The number of alkyl halides is 2. The van der Waals surface area contributed by atoms with Gasteiger partial charge >= 0.3 is 0 Å². The van der Waals surface area contributed by atoms with Crippen LogP contribution in [0.1, 0.15) is 0 Å². The van der Waals surface area contributed by atoms with Crippen molar-refractivity contribution in [3.8, 4) is 11.3 Å². The van der Waals surface area contributed by atoms with Gasteiger partial charge in [-0.2, -0.15) is 0 Å². The van der Waals surface area contributed by atoms with Crippen molar-refractivity contribution < 1.29 is 18.3 Å². The van der Waals surface area contributed by atoms with E-state index in [4.69, 9.17) is 9.72 Å². The smallest absolute Gasteiger partial charge is 0.247 e. The summed E-state index contributed by atoms with van der Waals surface area (Å²) in [6.07, 6.45) is 1.08. The topological polar surface area (TPSA) is 95.5 Å². The number of anilines is 4. The first kappa shape index (κ1) is 27.1. The summed E-state index contributed by atoms with van der Waals surface area (Å²) >= 11 is 0. The van der Waals surface area contributed by atoms with E-state index < -0.39 is 12.6 Å². The third-order valence-electron chi connectivity index (χ3n) is 6.63. The van der Waals surface area contributed by atoms with Crippen LogP contribution < -0.4 is 15.5 Å². The van der Waals surface area contributed by atoms with E-state index in [0.717, 1.165) is 10.9 Å². The number of carbonyl (C=O) groups is 1. The third-order valence-corrected chi connectivity index (χ3v) is 6.63. The maximum Gasteiger partial charge on any atom is 0.247 e. The summed E-state index contributed by atoms with van der Waals surface area (Å²) in [7, 11) is 1.54. The summed E-state index contributed by atoms with van der Waals surface area (Å²) in [4.78, 5) is 28.3. The molecule has 1 aliphatic heterocycles. The molecule has 11 heteroatoms. The van der Waals surface area contributed by atoms with Gasteiger partial charge in [0, 0.05) is 67.1 Å². The van der Waals surface area contributed by atoms with Gasteiger partial charge < -0.3 is 20.3 Å². The van der Waals surface area contributed by atoms with E-state index in [9.17, 15) is 13.6 Å². The molecule has 206 valence electrons. The lowest BCUT2D eigenvalue weighted by Crippen LogP contribution is -2.56. The Kier molecular flexibility index (Phi) is 8.23. The number of nitrogens with zero attached hydrogens (tertiary/aromatic N) is 5. The molecule has 5 rings (SSSR count). The van der Waals surface area contributed by atoms with Crippen molar-refractivity contribution in [2.45, 2.75) is 12.6 Å². The van der Waals surface area contributed by atoms with E-state index in [1.807, 2.05) is 24.3 Å². The average molecular weight is 546 g/mol. The molecule has 1 fully saturated rings. The van der Waals surface area contributed by atoms with Gasteiger partial charge in [-0.3, -0.25) is 14.7 Å². The monoisotopic (exact) mass is 545 g/mol. The molecular weight excluding hydrogens is 516 g/mol. The molecule has 3 heterocycles. The van der Waals surface area contributed by atoms with Crippen LogP contribution in [0.4, 0.5) is 31.8 Å². The highest BCUT2D eigenvalue weighted by molar-refractivity contribution is 5.99. The molecule has 0 saturated carbocycles. The van der Waals surface area contributed by atoms with Gasteiger partial charge in [-0.15, -0.1) is 0 Å². The molecule has 40 heavy (non-hydrogen) atoms. The second-order valence-electron chi connectivity index (χ2n) is 9.20. The summed E-state index contributed by atoms with van der Waals surface area (Å²) in [6, 6.07) is 16.1. The lowest BCUT2D eigenvalue weighted by molar-refractivity contribution is -0.111. The van der Waals surface area contributed by atoms with Crippen molar-refractivity contribution >= 4 is 39.8 Å². The number of rotatable bonds is 9. The van der Waals surface area contributed by atoms with Crippen molar-refractivity contribution in [2.24, 2.45) is 0 Å². The first-order valence-electron chi connectivity index (χ1n) is 12.8. The van der Waals surface area contributed by atoms with Gasteiger partial charge in [-0.25, -0.2) is 18.7 Å². The number of halogens is 2. The molecule has 1 saturated heterocycles. The Balaban J connectivity index is 1.33. The van der Waals surface area contributed by atoms with Crippen LogP contribution in [-0.2, 0) is 9.53 Å². The SMILES string of the molecule is C=CC(=O)Nc1cccc(-c2nccc3cnc(Nc4ccc(N5CCN(CCOC)C(F)C5F)cc4)nc23)c1. The number of hydrogen-bond acceptors (Lipinski definition) is 8. The van der Waals surface area contributed by atoms with E-state index in [1.54, 1.807) is 42.7 Å². The zero-order valence-electron chi connectivity index (χ0n) is 21.9. The van der Waals surface area contributed by atoms with Gasteiger partial charge in [0.1, 0.15) is 5.52 Å². The van der Waals surface area contributed by atoms with Gasteiger partial charge in [0.25, 0.3) is 0 Å². The third kappa shape index (κ3) is 5.90. The maximum absolute atomic E-state index is 14.9. The van der Waals surface area contributed by atoms with E-state index in [2.05, 4.69) is 27.2 Å². The van der Waals surface area contributed by atoms with Crippen LogP contribution in [0.2, 0.25) is 0 Å². The standard InChI is InChI=1S/C29H29F2N7O2/c1-3-24(39)34-22-6-4-5-19(17-22)25-26-20(11-12-32-25)18-33-29(36-26)35-21-7-9-23(10-8-21)38-14-13-37(15-16-40-2)27(30)28(38)31/h3-12,17-18,27-28H,1,13-16H2,2H3,(H,34,39)(H,33,35,36). The summed E-state index contributed by atoms with van der Waals surface area (Å²) < 4.78 is 34.5. The zero-order valence-corrected chi connectivity index (χ0v) is 21.9. The normalized spacial score (nSPS) is 17.5. The number of carbonyl (C=O) groups excluding carboxylic acids is 1. The van der Waals surface area contributed by atoms with Crippen LogP contribution >= 0.6 is 0 Å². The predicted molar refractivity (Wildman–Crippen MR) is 152 cm³/mol. The molecule has 4 aromatic rings. The minimum absolute atomic E-state index is 0.307. The number of aromatic nitrogens is 3. The largest absolute Gasteiger partial charge is 0.383 e. The fourth-order valence-electron chi connectivity index (χ4n) is 4.55. The first-order chi connectivity index (χ1) is 19.5. The molecule has 1 amide bonds. The minimum atomic E-state index is -1.78. The molecular formula is C29H29F2N7O2. The van der Waals surface area contributed by atoms with E-state index in [0.29, 0.717) is 60.5 Å². The number of nitrogens with one attached hydrogen (secondary N) is 2. The Morgan fingerprint density at radius 2 is 1.93 bits per heavy atom. The number of benzene rings is 2. The van der Waals surface area contributed by atoms with Gasteiger partial charge in [-0.05, 0) is 48.5 Å². The molecule has 2 atom stereocenters. The molecule has 0 aliphatic carbocycles. The number of methoxy groups -OCH3 is 1. The van der Waals surface area contributed by atoms with Gasteiger partial charge in [-0.1, -0.05) is 18.7 Å². The lowest BCUT2D eigenvalue weighted by Gasteiger charge is -2.41. The highest BCUT2D eigenvalue weighted by Crippen LogP contribution is 2.30. The van der Waals surface area contributed by atoms with Crippen molar-refractivity contribution in [3.63, 3.8) is 0 Å². The van der Waals surface area contributed by atoms with Crippen LogP contribution in [0.5, 0.6) is 0 Å². The van der Waals surface area contributed by atoms with E-state index >= 15 is 0 Å². The summed E-state index contributed by atoms with van der Waals surface area (Å²) in [5, 5.41) is 6.72. The number of pyridine rings is 1. The summed E-state index contributed by atoms with van der Waals surface area (Å²) in [5.74, 6) is 0.0447. The maximum atomic E-state index is 14.9. The summed E-state index contributed by atoms with van der Waals surface area (Å²) in [6.45, 7) is 4.93. The van der Waals surface area contributed by atoms with Crippen LogP contribution in [0.3, 0.4) is 0 Å². The molecule has 2 aromatic heterocycles. The highest BCUT2D eigenvalue weighted by Gasteiger charge is 2.36. The molecule has 1 aliphatic rings. The van der Waals surface area contributed by atoms with Crippen LogP contribution in [-0.4, -0.2) is 71.7 Å². The number of fused-ring (bicyclic) bond motifs is 1. The molecule has 9 nitrogen and oxygen atoms in total. The van der Waals surface area contributed by atoms with Crippen molar-refractivity contribution in [2.75, 3.05) is 48.9 Å². The predicted octanol–water partition coefficient (Wildman–Crippen LogP) is 4.92. The zero-order chi connectivity index (χ0) is 28.1. The molecule has 0 radical (unpaired) electrons. The molecule has 2 aromatic carbocycles. The van der Waals surface area contributed by atoms with Crippen molar-refractivity contribution in [1.82, 2.24) is 19.9 Å². The average Bonchev–Trinajstić information content (AvgIpc) is 2.98. The number of ether oxygens (including phenoxy) is 1. The fraction of sp³-hybridized carbons (Fsp3) is 0.241. The quantitative estimate of drug-likeness (QED) is 0.226. The van der Waals surface area contributed by atoms with Gasteiger partial charge in [0.05, 0.1) is 12.3 Å². The van der Waals surface area contributed by atoms with E-state index in [-0.39, 0.29) is 5.91 Å². The molecule has 0 spiro atoms. The Bertz CT molecular complexity index is 1500. The summed E-state index contributed by atoms with van der Waals surface area (Å²) in [5.41, 5.74) is 3.92. The Hall–Kier alpha value is -4.48.